The van der Waals surface area contributed by atoms with E-state index in [0.717, 1.165) is 12.3 Å². The number of benzene rings is 1. The number of piperidine rings is 1. The molecule has 4 heteroatoms. The highest BCUT2D eigenvalue weighted by Gasteiger charge is 2.19. The molecule has 0 N–H and O–H groups in total. The molecule has 1 aromatic rings. The summed E-state index contributed by atoms with van der Waals surface area (Å²) in [4.78, 5) is 13.8. The van der Waals surface area contributed by atoms with Gasteiger partial charge in [-0.1, -0.05) is 12.5 Å². The number of carbonyl (C=O) groups is 1. The molecule has 0 amide bonds. The number of likely N-dealkylation sites (N-methyl/N-ethyl adjacent to an activating group) is 1. The zero-order valence-electron chi connectivity index (χ0n) is 11.6. The summed E-state index contributed by atoms with van der Waals surface area (Å²) in [7, 11) is 3.52. The lowest BCUT2D eigenvalue weighted by molar-refractivity contribution is 0.0600. The number of ether oxygens (including phenoxy) is 2. The fourth-order valence-electron chi connectivity index (χ4n) is 2.38. The van der Waals surface area contributed by atoms with Gasteiger partial charge < -0.3 is 14.4 Å². The standard InChI is InChI=1S/C15H21NO3/c1-16-9-4-3-7-13(16)11-19-14-8-5-6-12(10-14)15(17)18-2/h5-6,8,10,13H,3-4,7,9,11H2,1-2H3. The first-order valence-electron chi connectivity index (χ1n) is 6.72. The summed E-state index contributed by atoms with van der Waals surface area (Å²) < 4.78 is 10.5. The van der Waals surface area contributed by atoms with E-state index in [2.05, 4.69) is 11.9 Å². The fourth-order valence-corrected chi connectivity index (χ4v) is 2.38. The van der Waals surface area contributed by atoms with Crippen LogP contribution < -0.4 is 4.74 Å². The SMILES string of the molecule is COC(=O)c1cccc(OCC2CCCCN2C)c1. The molecule has 1 heterocycles. The fraction of sp³-hybridized carbons (Fsp3) is 0.533. The first-order chi connectivity index (χ1) is 9.20. The van der Waals surface area contributed by atoms with Crippen molar-refractivity contribution < 1.29 is 14.3 Å². The molecule has 0 spiro atoms. The van der Waals surface area contributed by atoms with Crippen molar-refractivity contribution in [1.82, 2.24) is 4.90 Å². The second-order valence-corrected chi connectivity index (χ2v) is 4.96. The molecule has 4 nitrogen and oxygen atoms in total. The molecule has 1 aromatic carbocycles. The van der Waals surface area contributed by atoms with Gasteiger partial charge in [0.25, 0.3) is 0 Å². The van der Waals surface area contributed by atoms with Crippen LogP contribution in [0.5, 0.6) is 5.75 Å². The van der Waals surface area contributed by atoms with Crippen molar-refractivity contribution >= 4 is 5.97 Å². The third-order valence-electron chi connectivity index (χ3n) is 3.62. The average molecular weight is 263 g/mol. The van der Waals surface area contributed by atoms with E-state index < -0.39 is 0 Å². The van der Waals surface area contributed by atoms with Crippen molar-refractivity contribution in [2.24, 2.45) is 0 Å². The summed E-state index contributed by atoms with van der Waals surface area (Å²) in [6, 6.07) is 7.61. The lowest BCUT2D eigenvalue weighted by Crippen LogP contribution is -2.40. The van der Waals surface area contributed by atoms with Crippen LogP contribution in [0.2, 0.25) is 0 Å². The first-order valence-corrected chi connectivity index (χ1v) is 6.72. The van der Waals surface area contributed by atoms with Gasteiger partial charge in [-0.2, -0.15) is 0 Å². The van der Waals surface area contributed by atoms with E-state index in [1.807, 2.05) is 12.1 Å². The molecule has 1 unspecified atom stereocenters. The smallest absolute Gasteiger partial charge is 0.337 e. The van der Waals surface area contributed by atoms with Crippen LogP contribution in [0.3, 0.4) is 0 Å². The Morgan fingerprint density at radius 1 is 1.42 bits per heavy atom. The van der Waals surface area contributed by atoms with Gasteiger partial charge in [0.05, 0.1) is 12.7 Å². The van der Waals surface area contributed by atoms with E-state index in [9.17, 15) is 4.79 Å². The van der Waals surface area contributed by atoms with Crippen LogP contribution in [0.25, 0.3) is 0 Å². The van der Waals surface area contributed by atoms with Crippen molar-refractivity contribution in [2.45, 2.75) is 25.3 Å². The Balaban J connectivity index is 1.93. The van der Waals surface area contributed by atoms with Crippen LogP contribution >= 0.6 is 0 Å². The molecule has 0 aliphatic carbocycles. The summed E-state index contributed by atoms with van der Waals surface area (Å²) in [6.07, 6.45) is 3.71. The predicted molar refractivity (Wildman–Crippen MR) is 73.5 cm³/mol. The van der Waals surface area contributed by atoms with Gasteiger partial charge in [0, 0.05) is 6.04 Å². The molecule has 19 heavy (non-hydrogen) atoms. The highest BCUT2D eigenvalue weighted by molar-refractivity contribution is 5.89. The van der Waals surface area contributed by atoms with E-state index in [1.54, 1.807) is 12.1 Å². The van der Waals surface area contributed by atoms with Gasteiger partial charge in [-0.15, -0.1) is 0 Å². The van der Waals surface area contributed by atoms with Crippen LogP contribution in [0.4, 0.5) is 0 Å². The number of methoxy groups -OCH3 is 1. The summed E-state index contributed by atoms with van der Waals surface area (Å²) in [5, 5.41) is 0. The second-order valence-electron chi connectivity index (χ2n) is 4.96. The van der Waals surface area contributed by atoms with Crippen molar-refractivity contribution in [2.75, 3.05) is 27.3 Å². The number of likely N-dealkylation sites (tertiary alicyclic amines) is 1. The van der Waals surface area contributed by atoms with E-state index in [4.69, 9.17) is 9.47 Å². The van der Waals surface area contributed by atoms with Gasteiger partial charge in [0.2, 0.25) is 0 Å². The molecular formula is C15H21NO3. The zero-order valence-corrected chi connectivity index (χ0v) is 11.6. The third-order valence-corrected chi connectivity index (χ3v) is 3.62. The van der Waals surface area contributed by atoms with Crippen LogP contribution in [-0.4, -0.2) is 44.2 Å². The van der Waals surface area contributed by atoms with Gasteiger partial charge in [0.1, 0.15) is 12.4 Å². The minimum absolute atomic E-state index is 0.333. The number of carbonyl (C=O) groups excluding carboxylic acids is 1. The lowest BCUT2D eigenvalue weighted by atomic mass is 10.0. The van der Waals surface area contributed by atoms with Gasteiger partial charge in [-0.25, -0.2) is 4.79 Å². The zero-order chi connectivity index (χ0) is 13.7. The number of esters is 1. The van der Waals surface area contributed by atoms with E-state index in [-0.39, 0.29) is 5.97 Å². The molecule has 104 valence electrons. The van der Waals surface area contributed by atoms with Crippen LogP contribution in [0.15, 0.2) is 24.3 Å². The summed E-state index contributed by atoms with van der Waals surface area (Å²) in [6.45, 7) is 1.80. The third kappa shape index (κ3) is 3.70. The maximum atomic E-state index is 11.4. The summed E-state index contributed by atoms with van der Waals surface area (Å²) in [5.41, 5.74) is 0.525. The molecule has 2 rings (SSSR count). The minimum Gasteiger partial charge on any atom is -0.492 e. The van der Waals surface area contributed by atoms with Crippen LogP contribution in [-0.2, 0) is 4.74 Å². The quantitative estimate of drug-likeness (QED) is 0.782. The molecule has 1 aliphatic rings. The van der Waals surface area contributed by atoms with E-state index in [1.165, 1.54) is 26.4 Å². The normalized spacial score (nSPS) is 20.0. The molecule has 1 aliphatic heterocycles. The van der Waals surface area contributed by atoms with Gasteiger partial charge in [0.15, 0.2) is 0 Å². The number of rotatable bonds is 4. The van der Waals surface area contributed by atoms with Crippen molar-refractivity contribution in [1.29, 1.82) is 0 Å². The Hall–Kier alpha value is -1.55. The van der Waals surface area contributed by atoms with Crippen LogP contribution in [0, 0.1) is 0 Å². The Morgan fingerprint density at radius 2 is 2.26 bits per heavy atom. The van der Waals surface area contributed by atoms with Crippen LogP contribution in [0.1, 0.15) is 29.6 Å². The average Bonchev–Trinajstić information content (AvgIpc) is 2.46. The Bertz CT molecular complexity index is 433. The van der Waals surface area contributed by atoms with Crippen molar-refractivity contribution in [3.05, 3.63) is 29.8 Å². The summed E-state index contributed by atoms with van der Waals surface area (Å²) >= 11 is 0. The highest BCUT2D eigenvalue weighted by atomic mass is 16.5. The van der Waals surface area contributed by atoms with Crippen molar-refractivity contribution in [3.63, 3.8) is 0 Å². The summed E-state index contributed by atoms with van der Waals surface area (Å²) in [5.74, 6) is 0.391. The number of hydrogen-bond donors (Lipinski definition) is 0. The van der Waals surface area contributed by atoms with Gasteiger partial charge >= 0.3 is 5.97 Å². The van der Waals surface area contributed by atoms with E-state index in [0.29, 0.717) is 18.2 Å². The number of hydrogen-bond acceptors (Lipinski definition) is 4. The Labute approximate surface area is 114 Å². The van der Waals surface area contributed by atoms with Gasteiger partial charge in [-0.3, -0.25) is 0 Å². The first kappa shape index (κ1) is 13.9. The predicted octanol–water partition coefficient (Wildman–Crippen LogP) is 2.34. The molecule has 0 bridgehead atoms. The number of nitrogens with zero attached hydrogens (tertiary/aromatic N) is 1. The second kappa shape index (κ2) is 6.57. The highest BCUT2D eigenvalue weighted by Crippen LogP contribution is 2.18. The Kier molecular flexibility index (Phi) is 4.80. The maximum absolute atomic E-state index is 11.4. The molecule has 1 fully saturated rings. The van der Waals surface area contributed by atoms with Crippen molar-refractivity contribution in [3.8, 4) is 5.75 Å². The minimum atomic E-state index is -0.333. The molecular weight excluding hydrogens is 242 g/mol. The van der Waals surface area contributed by atoms with E-state index >= 15 is 0 Å². The monoisotopic (exact) mass is 263 g/mol. The molecule has 0 aromatic heterocycles. The lowest BCUT2D eigenvalue weighted by Gasteiger charge is -2.32. The molecule has 1 saturated heterocycles. The topological polar surface area (TPSA) is 38.8 Å². The Morgan fingerprint density at radius 3 is 3.00 bits per heavy atom. The largest absolute Gasteiger partial charge is 0.492 e. The molecule has 0 saturated carbocycles. The molecule has 0 radical (unpaired) electrons. The molecule has 1 atom stereocenters. The van der Waals surface area contributed by atoms with Gasteiger partial charge in [-0.05, 0) is 44.6 Å². The maximum Gasteiger partial charge on any atom is 0.337 e.